The Bertz CT molecular complexity index is 1830. The fourth-order valence-electron chi connectivity index (χ4n) is 5.24. The van der Waals surface area contributed by atoms with Gasteiger partial charge in [0, 0.05) is 39.1 Å². The fourth-order valence-corrected chi connectivity index (χ4v) is 5.24. The van der Waals surface area contributed by atoms with Crippen molar-refractivity contribution in [1.29, 1.82) is 0 Å². The molecule has 0 radical (unpaired) electrons. The second-order valence-electron chi connectivity index (χ2n) is 8.75. The average molecular weight is 453 g/mol. The number of para-hydroxylation sites is 2. The molecule has 35 heavy (non-hydrogen) atoms. The van der Waals surface area contributed by atoms with Gasteiger partial charge in [-0.2, -0.15) is 0 Å². The van der Waals surface area contributed by atoms with Crippen molar-refractivity contribution in [2.24, 2.45) is 0 Å². The summed E-state index contributed by atoms with van der Waals surface area (Å²) in [6.07, 6.45) is 1.83. The Morgan fingerprint density at radius 3 is 2.14 bits per heavy atom. The zero-order valence-corrected chi connectivity index (χ0v) is 18.7. The topological polar surface area (TPSA) is 63.2 Å². The summed E-state index contributed by atoms with van der Waals surface area (Å²) in [5.41, 5.74) is 6.60. The Kier molecular flexibility index (Phi) is 4.33. The number of rotatable bonds is 3. The van der Waals surface area contributed by atoms with Gasteiger partial charge in [0.2, 0.25) is 0 Å². The van der Waals surface area contributed by atoms with Gasteiger partial charge in [0.25, 0.3) is 0 Å². The van der Waals surface area contributed by atoms with Crippen LogP contribution in [-0.2, 0) is 0 Å². The minimum Gasteiger partial charge on any atom is -0.423 e. The van der Waals surface area contributed by atoms with Crippen LogP contribution in [0.4, 0.5) is 0 Å². The van der Waals surface area contributed by atoms with Gasteiger partial charge in [0.15, 0.2) is 0 Å². The van der Waals surface area contributed by atoms with Crippen LogP contribution in [0.5, 0.6) is 0 Å². The first-order valence-corrected chi connectivity index (χ1v) is 11.5. The highest BCUT2D eigenvalue weighted by atomic mass is 16.4. The van der Waals surface area contributed by atoms with E-state index in [0.29, 0.717) is 5.46 Å². The molecule has 166 valence electrons. The largest absolute Gasteiger partial charge is 0.488 e. The third-order valence-corrected chi connectivity index (χ3v) is 6.78. The van der Waals surface area contributed by atoms with Crippen molar-refractivity contribution in [1.82, 2.24) is 14.1 Å². The van der Waals surface area contributed by atoms with Gasteiger partial charge in [-0.25, -0.2) is 4.98 Å². The average Bonchev–Trinajstić information content (AvgIpc) is 3.41. The van der Waals surface area contributed by atoms with Crippen molar-refractivity contribution in [3.63, 3.8) is 0 Å². The van der Waals surface area contributed by atoms with Crippen LogP contribution >= 0.6 is 0 Å². The van der Waals surface area contributed by atoms with Gasteiger partial charge in [0.1, 0.15) is 5.65 Å². The van der Waals surface area contributed by atoms with E-state index in [9.17, 15) is 10.0 Å². The predicted octanol–water partition coefficient (Wildman–Crippen LogP) is 4.96. The summed E-state index contributed by atoms with van der Waals surface area (Å²) < 4.78 is 4.43. The Labute approximate surface area is 201 Å². The SMILES string of the molecule is OB(O)c1ccc2c(c1)c1ccc(-n3c4ccccc4c4cccnc43)cc1n2-c1ccccc1. The minimum atomic E-state index is -1.52. The molecule has 7 aromatic rings. The molecule has 0 amide bonds. The molecular weight excluding hydrogens is 433 g/mol. The molecule has 0 saturated carbocycles. The first kappa shape index (κ1) is 20.0. The summed E-state index contributed by atoms with van der Waals surface area (Å²) in [5, 5.41) is 23.9. The molecule has 0 saturated heterocycles. The second-order valence-corrected chi connectivity index (χ2v) is 8.75. The van der Waals surface area contributed by atoms with Crippen molar-refractivity contribution in [2.75, 3.05) is 0 Å². The van der Waals surface area contributed by atoms with E-state index in [1.54, 1.807) is 6.07 Å². The van der Waals surface area contributed by atoms with E-state index in [2.05, 4.69) is 69.8 Å². The van der Waals surface area contributed by atoms with E-state index in [1.807, 2.05) is 42.6 Å². The van der Waals surface area contributed by atoms with E-state index in [-0.39, 0.29) is 0 Å². The number of fused-ring (bicyclic) bond motifs is 6. The number of aromatic nitrogens is 3. The lowest BCUT2D eigenvalue weighted by molar-refractivity contribution is 0.426. The molecule has 0 spiro atoms. The molecule has 0 fully saturated rings. The zero-order chi connectivity index (χ0) is 23.5. The quantitative estimate of drug-likeness (QED) is 0.372. The molecule has 0 unspecified atom stereocenters. The Morgan fingerprint density at radius 1 is 0.543 bits per heavy atom. The van der Waals surface area contributed by atoms with Crippen LogP contribution in [0.15, 0.2) is 109 Å². The minimum absolute atomic E-state index is 0.472. The lowest BCUT2D eigenvalue weighted by atomic mass is 9.80. The van der Waals surface area contributed by atoms with Crippen molar-refractivity contribution in [3.05, 3.63) is 109 Å². The lowest BCUT2D eigenvalue weighted by Gasteiger charge is -2.10. The van der Waals surface area contributed by atoms with Crippen molar-refractivity contribution in [2.45, 2.75) is 0 Å². The molecule has 0 aliphatic rings. The second kappa shape index (κ2) is 7.57. The van der Waals surface area contributed by atoms with Crippen molar-refractivity contribution in [3.8, 4) is 11.4 Å². The molecule has 5 nitrogen and oxygen atoms in total. The molecule has 3 aromatic heterocycles. The third kappa shape index (κ3) is 2.94. The Morgan fingerprint density at radius 2 is 1.29 bits per heavy atom. The summed E-state index contributed by atoms with van der Waals surface area (Å²) in [4.78, 5) is 4.73. The summed E-state index contributed by atoms with van der Waals surface area (Å²) in [6, 6.07) is 34.7. The molecule has 4 aromatic carbocycles. The summed E-state index contributed by atoms with van der Waals surface area (Å²) in [6.45, 7) is 0. The molecule has 6 heteroatoms. The molecule has 2 N–H and O–H groups in total. The van der Waals surface area contributed by atoms with Crippen LogP contribution in [0.2, 0.25) is 0 Å². The van der Waals surface area contributed by atoms with Gasteiger partial charge in [-0.05, 0) is 54.0 Å². The first-order valence-electron chi connectivity index (χ1n) is 11.5. The van der Waals surface area contributed by atoms with Crippen molar-refractivity contribution < 1.29 is 10.0 Å². The van der Waals surface area contributed by atoms with Crippen LogP contribution in [0.1, 0.15) is 0 Å². The number of nitrogens with zero attached hydrogens (tertiary/aromatic N) is 3. The number of pyridine rings is 1. The van der Waals surface area contributed by atoms with Gasteiger partial charge >= 0.3 is 7.12 Å². The number of hydrogen-bond acceptors (Lipinski definition) is 3. The highest BCUT2D eigenvalue weighted by Gasteiger charge is 2.19. The monoisotopic (exact) mass is 453 g/mol. The molecule has 0 atom stereocenters. The van der Waals surface area contributed by atoms with E-state index in [4.69, 9.17) is 4.98 Å². The van der Waals surface area contributed by atoms with Gasteiger partial charge in [-0.3, -0.25) is 4.57 Å². The number of benzene rings is 4. The van der Waals surface area contributed by atoms with Gasteiger partial charge in [0.05, 0.1) is 16.6 Å². The maximum Gasteiger partial charge on any atom is 0.488 e. The van der Waals surface area contributed by atoms with Gasteiger partial charge in [-0.15, -0.1) is 0 Å². The predicted molar refractivity (Wildman–Crippen MR) is 143 cm³/mol. The lowest BCUT2D eigenvalue weighted by Crippen LogP contribution is -2.29. The van der Waals surface area contributed by atoms with Crippen LogP contribution in [-0.4, -0.2) is 31.3 Å². The van der Waals surface area contributed by atoms with E-state index >= 15 is 0 Å². The molecule has 0 bridgehead atoms. The first-order chi connectivity index (χ1) is 17.2. The summed E-state index contributed by atoms with van der Waals surface area (Å²) in [7, 11) is -1.52. The third-order valence-electron chi connectivity index (χ3n) is 6.78. The van der Waals surface area contributed by atoms with Crippen LogP contribution in [0.25, 0.3) is 55.1 Å². The number of hydrogen-bond donors (Lipinski definition) is 2. The van der Waals surface area contributed by atoms with Gasteiger partial charge < -0.3 is 14.6 Å². The highest BCUT2D eigenvalue weighted by molar-refractivity contribution is 6.59. The van der Waals surface area contributed by atoms with Crippen molar-refractivity contribution >= 4 is 56.3 Å². The molecule has 0 aliphatic carbocycles. The summed E-state index contributed by atoms with van der Waals surface area (Å²) >= 11 is 0. The van der Waals surface area contributed by atoms with Crippen LogP contribution in [0, 0.1) is 0 Å². The standard InChI is InChI=1S/C29H20BN3O2/c34-30(35)19-12-15-27-25(17-19)23-14-13-21(18-28(23)32(27)20-7-2-1-3-8-20)33-26-11-5-4-9-22(26)24-10-6-16-31-29(24)33/h1-18,34-35H. The van der Waals surface area contributed by atoms with Crippen LogP contribution in [0.3, 0.4) is 0 Å². The van der Waals surface area contributed by atoms with E-state index < -0.39 is 7.12 Å². The Hall–Kier alpha value is -4.39. The molecule has 7 rings (SSSR count). The smallest absolute Gasteiger partial charge is 0.423 e. The highest BCUT2D eigenvalue weighted by Crippen LogP contribution is 2.35. The Balaban J connectivity index is 1.60. The van der Waals surface area contributed by atoms with Gasteiger partial charge in [-0.1, -0.05) is 54.6 Å². The van der Waals surface area contributed by atoms with E-state index in [1.165, 1.54) is 5.39 Å². The zero-order valence-electron chi connectivity index (χ0n) is 18.7. The maximum atomic E-state index is 9.79. The molecule has 0 aliphatic heterocycles. The fraction of sp³-hybridized carbons (Fsp3) is 0. The summed E-state index contributed by atoms with van der Waals surface area (Å²) in [5.74, 6) is 0. The maximum absolute atomic E-state index is 9.79. The molecular formula is C29H20BN3O2. The molecule has 3 heterocycles. The normalized spacial score (nSPS) is 11.7. The van der Waals surface area contributed by atoms with E-state index in [0.717, 1.165) is 49.7 Å². The van der Waals surface area contributed by atoms with Crippen LogP contribution < -0.4 is 5.46 Å².